The van der Waals surface area contributed by atoms with Crippen LogP contribution in [-0.2, 0) is 4.79 Å². The number of nitrogens with zero attached hydrogens (tertiary/aromatic N) is 3. The minimum atomic E-state index is -0.190. The average Bonchev–Trinajstić information content (AvgIpc) is 3.30. The summed E-state index contributed by atoms with van der Waals surface area (Å²) in [5, 5.41) is 10.1. The van der Waals surface area contributed by atoms with Crippen molar-refractivity contribution in [1.82, 2.24) is 10.4 Å². The zero-order valence-corrected chi connectivity index (χ0v) is 18.2. The highest BCUT2D eigenvalue weighted by atomic mass is 35.5. The highest BCUT2D eigenvalue weighted by Gasteiger charge is 2.40. The maximum absolute atomic E-state index is 13.0. The Labute approximate surface area is 185 Å². The Hall–Kier alpha value is -1.79. The van der Waals surface area contributed by atoms with Crippen molar-refractivity contribution in [2.75, 3.05) is 18.1 Å². The summed E-state index contributed by atoms with van der Waals surface area (Å²) < 4.78 is 0. The molecule has 29 heavy (non-hydrogen) atoms. The topological polar surface area (TPSA) is 47.9 Å². The van der Waals surface area contributed by atoms with Gasteiger partial charge in [0.05, 0.1) is 16.8 Å². The summed E-state index contributed by atoms with van der Waals surface area (Å²) in [6, 6.07) is 12.7. The molecule has 0 saturated carbocycles. The van der Waals surface area contributed by atoms with Crippen LogP contribution in [-0.4, -0.2) is 29.7 Å². The van der Waals surface area contributed by atoms with Crippen molar-refractivity contribution in [2.24, 2.45) is 11.0 Å². The van der Waals surface area contributed by atoms with Crippen molar-refractivity contribution in [3.05, 3.63) is 63.1 Å². The summed E-state index contributed by atoms with van der Waals surface area (Å²) in [4.78, 5) is 13.0. The van der Waals surface area contributed by atoms with Gasteiger partial charge >= 0.3 is 0 Å². The van der Waals surface area contributed by atoms with Crippen molar-refractivity contribution in [3.63, 3.8) is 0 Å². The number of hydrogen-bond acceptors (Lipinski definition) is 4. The van der Waals surface area contributed by atoms with E-state index in [1.807, 2.05) is 47.3 Å². The molecule has 0 aliphatic carbocycles. The van der Waals surface area contributed by atoms with Crippen molar-refractivity contribution < 1.29 is 4.79 Å². The van der Waals surface area contributed by atoms with Crippen molar-refractivity contribution >= 4 is 52.1 Å². The molecule has 4 rings (SSSR count). The van der Waals surface area contributed by atoms with Gasteiger partial charge in [0.25, 0.3) is 5.91 Å². The van der Waals surface area contributed by atoms with Crippen LogP contribution in [0.4, 0.5) is 5.69 Å². The zero-order chi connectivity index (χ0) is 20.5. The van der Waals surface area contributed by atoms with Gasteiger partial charge in [-0.25, -0.2) is 5.01 Å². The summed E-state index contributed by atoms with van der Waals surface area (Å²) in [5.74, 6) is -0.323. The summed E-state index contributed by atoms with van der Waals surface area (Å²) in [6.45, 7) is 3.73. The second-order valence-electron chi connectivity index (χ2n) is 7.35. The molecule has 1 unspecified atom stereocenters. The van der Waals surface area contributed by atoms with Crippen molar-refractivity contribution in [2.45, 2.75) is 25.8 Å². The van der Waals surface area contributed by atoms with E-state index < -0.39 is 0 Å². The van der Waals surface area contributed by atoms with Gasteiger partial charge in [0, 0.05) is 29.1 Å². The first-order valence-corrected chi connectivity index (χ1v) is 10.7. The third-order valence-corrected chi connectivity index (χ3v) is 6.14. The van der Waals surface area contributed by atoms with Gasteiger partial charge in [-0.1, -0.05) is 53.9 Å². The number of hydrogen-bond donors (Lipinski definition) is 1. The lowest BCUT2D eigenvalue weighted by atomic mass is 9.91. The predicted molar refractivity (Wildman–Crippen MR) is 119 cm³/mol. The normalized spacial score (nSPS) is 22.1. The highest BCUT2D eigenvalue weighted by Crippen LogP contribution is 2.42. The van der Waals surface area contributed by atoms with E-state index in [0.29, 0.717) is 26.5 Å². The van der Waals surface area contributed by atoms with E-state index in [0.717, 1.165) is 31.5 Å². The number of halogens is 3. The lowest BCUT2D eigenvalue weighted by Gasteiger charge is -2.27. The molecule has 0 aromatic heterocycles. The molecule has 152 valence electrons. The number of hydrazine groups is 1. The summed E-state index contributed by atoms with van der Waals surface area (Å²) in [6.07, 6.45) is 2.17. The second-order valence-corrected chi connectivity index (χ2v) is 8.63. The van der Waals surface area contributed by atoms with Crippen molar-refractivity contribution in [3.8, 4) is 0 Å². The highest BCUT2D eigenvalue weighted by molar-refractivity contribution is 6.41. The van der Waals surface area contributed by atoms with Crippen LogP contribution in [0.25, 0.3) is 0 Å². The number of carbonyl (C=O) groups is 1. The maximum atomic E-state index is 13.0. The van der Waals surface area contributed by atoms with E-state index in [1.54, 1.807) is 12.1 Å². The first kappa shape index (κ1) is 20.5. The number of hydrazone groups is 1. The molecule has 2 heterocycles. The molecule has 2 aromatic rings. The smallest absolute Gasteiger partial charge is 0.282 e. The van der Waals surface area contributed by atoms with Gasteiger partial charge < -0.3 is 0 Å². The van der Waals surface area contributed by atoms with Gasteiger partial charge in [0.1, 0.15) is 5.71 Å². The molecular formula is C21H21Cl3N4O. The molecule has 1 N–H and O–H groups in total. The van der Waals surface area contributed by atoms with Gasteiger partial charge in [-0.05, 0) is 48.7 Å². The molecule has 2 aromatic carbocycles. The Morgan fingerprint density at radius 3 is 2.34 bits per heavy atom. The minimum Gasteiger partial charge on any atom is -0.284 e. The van der Waals surface area contributed by atoms with E-state index >= 15 is 0 Å². The quantitative estimate of drug-likeness (QED) is 0.684. The van der Waals surface area contributed by atoms with Gasteiger partial charge in [-0.15, -0.1) is 0 Å². The minimum absolute atomic E-state index is 0.148. The molecule has 1 saturated heterocycles. The predicted octanol–water partition coefficient (Wildman–Crippen LogP) is 5.33. The summed E-state index contributed by atoms with van der Waals surface area (Å²) in [5.41, 5.74) is 5.17. The first-order valence-electron chi connectivity index (χ1n) is 9.58. The molecule has 2 atom stereocenters. The van der Waals surface area contributed by atoms with Crippen LogP contribution in [0.2, 0.25) is 15.1 Å². The third-order valence-electron chi connectivity index (χ3n) is 5.35. The van der Waals surface area contributed by atoms with Gasteiger partial charge in [0.2, 0.25) is 0 Å². The summed E-state index contributed by atoms with van der Waals surface area (Å²) in [7, 11) is 0. The van der Waals surface area contributed by atoms with Gasteiger partial charge in [-0.3, -0.25) is 15.2 Å². The van der Waals surface area contributed by atoms with Crippen molar-refractivity contribution in [1.29, 1.82) is 0 Å². The van der Waals surface area contributed by atoms with E-state index in [1.165, 1.54) is 0 Å². The fourth-order valence-electron chi connectivity index (χ4n) is 3.87. The van der Waals surface area contributed by atoms with E-state index in [9.17, 15) is 4.79 Å². The van der Waals surface area contributed by atoms with Crippen LogP contribution in [0.15, 0.2) is 47.6 Å². The molecule has 0 radical (unpaired) electrons. The lowest BCUT2D eigenvalue weighted by molar-refractivity contribution is -0.119. The summed E-state index contributed by atoms with van der Waals surface area (Å²) >= 11 is 18.6. The van der Waals surface area contributed by atoms with Crippen LogP contribution in [0, 0.1) is 5.92 Å². The second kappa shape index (κ2) is 8.52. The Morgan fingerprint density at radius 1 is 1.03 bits per heavy atom. The van der Waals surface area contributed by atoms with Crippen LogP contribution in [0.1, 0.15) is 31.4 Å². The Kier molecular flexibility index (Phi) is 6.02. The number of nitrogens with one attached hydrogen (secondary N) is 1. The number of anilines is 1. The number of amides is 1. The van der Waals surface area contributed by atoms with Gasteiger partial charge in [0.15, 0.2) is 0 Å². The monoisotopic (exact) mass is 450 g/mol. The Bertz CT molecular complexity index is 941. The molecule has 2 aliphatic rings. The largest absolute Gasteiger partial charge is 0.284 e. The van der Waals surface area contributed by atoms with Crippen LogP contribution in [0.5, 0.6) is 0 Å². The van der Waals surface area contributed by atoms with E-state index in [4.69, 9.17) is 39.9 Å². The Morgan fingerprint density at radius 2 is 1.69 bits per heavy atom. The third kappa shape index (κ3) is 4.24. The molecule has 2 aliphatic heterocycles. The molecule has 0 spiro atoms. The van der Waals surface area contributed by atoms with Crippen LogP contribution in [0.3, 0.4) is 0 Å². The van der Waals surface area contributed by atoms with Crippen LogP contribution < -0.4 is 10.4 Å². The number of carbonyl (C=O) groups excluding carboxylic acids is 1. The fourth-order valence-corrected chi connectivity index (χ4v) is 4.49. The molecule has 1 fully saturated rings. The molecule has 0 bridgehead atoms. The van der Waals surface area contributed by atoms with E-state index in [2.05, 4.69) is 5.43 Å². The number of rotatable bonds is 4. The maximum Gasteiger partial charge on any atom is 0.282 e. The lowest BCUT2D eigenvalue weighted by Crippen LogP contribution is -2.44. The Balaban J connectivity index is 1.70. The molecule has 8 heteroatoms. The SMILES string of the molecule is C[C@@H]1C(C(=O)NN2CCCC2)=NN(c2ccc(Cl)cc2Cl)C1c1ccc(Cl)cc1. The first-order chi connectivity index (χ1) is 13.9. The molecule has 5 nitrogen and oxygen atoms in total. The average molecular weight is 452 g/mol. The van der Waals surface area contributed by atoms with Crippen LogP contribution >= 0.6 is 34.8 Å². The fraction of sp³-hybridized carbons (Fsp3) is 0.333. The van der Waals surface area contributed by atoms with E-state index in [-0.39, 0.29) is 17.9 Å². The molecular weight excluding hydrogens is 431 g/mol. The standard InChI is InChI=1S/C21H21Cl3N4O/c1-13-19(21(29)26-27-10-2-3-11-27)25-28(18-9-8-16(23)12-17(18)24)20(13)14-4-6-15(22)7-5-14/h4-9,12-13,20H,2-3,10-11H2,1H3,(H,26,29)/t13-,20?/m1/s1. The number of benzene rings is 2. The zero-order valence-electron chi connectivity index (χ0n) is 15.9. The van der Waals surface area contributed by atoms with Gasteiger partial charge in [-0.2, -0.15) is 5.10 Å². The molecule has 1 amide bonds.